The molecule has 1 aliphatic heterocycles. The van der Waals surface area contributed by atoms with Gasteiger partial charge in [0.15, 0.2) is 0 Å². The average Bonchev–Trinajstić information content (AvgIpc) is 1.88. The zero-order valence-electron chi connectivity index (χ0n) is 5.44. The number of nitrogens with two attached hydrogens (primary N) is 1. The van der Waals surface area contributed by atoms with E-state index in [0.717, 1.165) is 5.75 Å². The lowest BCUT2D eigenvalue weighted by Crippen LogP contribution is -2.32. The molecule has 10 heavy (non-hydrogen) atoms. The Labute approximate surface area is 62.7 Å². The first-order chi connectivity index (χ1) is 4.61. The van der Waals surface area contributed by atoms with Crippen molar-refractivity contribution in [2.24, 2.45) is 5.73 Å². The highest BCUT2D eigenvalue weighted by Gasteiger charge is 2.28. The summed E-state index contributed by atoms with van der Waals surface area (Å²) >= 11 is 1.65. The van der Waals surface area contributed by atoms with Crippen molar-refractivity contribution in [3.8, 4) is 0 Å². The summed E-state index contributed by atoms with van der Waals surface area (Å²) in [7, 11) is 0. The van der Waals surface area contributed by atoms with Crippen LogP contribution in [-0.2, 0) is 0 Å². The van der Waals surface area contributed by atoms with Gasteiger partial charge in [-0.3, -0.25) is 5.73 Å². The van der Waals surface area contributed by atoms with E-state index in [1.165, 1.54) is 6.08 Å². The highest BCUT2D eigenvalue weighted by molar-refractivity contribution is 7.99. The Morgan fingerprint density at radius 2 is 2.30 bits per heavy atom. The summed E-state index contributed by atoms with van der Waals surface area (Å²) < 4.78 is 24.6. The van der Waals surface area contributed by atoms with Crippen LogP contribution < -0.4 is 5.73 Å². The Morgan fingerprint density at radius 3 is 2.60 bits per heavy atom. The molecule has 4 heteroatoms. The molecule has 1 rings (SSSR count). The summed E-state index contributed by atoms with van der Waals surface area (Å²) in [5.41, 5.74) is 4.69. The summed E-state index contributed by atoms with van der Waals surface area (Å²) in [6, 6.07) is -3.08. The molecule has 0 saturated heterocycles. The second-order valence-electron chi connectivity index (χ2n) is 2.18. The van der Waals surface area contributed by atoms with Gasteiger partial charge in [-0.2, -0.15) is 20.5 Å². The number of alkyl halides is 2. The van der Waals surface area contributed by atoms with Crippen molar-refractivity contribution in [1.29, 1.82) is 0 Å². The summed E-state index contributed by atoms with van der Waals surface area (Å²) in [5.74, 6) is 1.43. The van der Waals surface area contributed by atoms with Crippen LogP contribution in [-0.4, -0.2) is 17.6 Å². The second kappa shape index (κ2) is 2.88. The Balaban J connectivity index is 2.62. The molecule has 0 aromatic carbocycles. The zero-order chi connectivity index (χ0) is 7.61. The SMILES string of the molecule is NC(F)(F)C1=CCSCC1. The minimum atomic E-state index is -3.08. The van der Waals surface area contributed by atoms with Crippen LogP contribution in [0.1, 0.15) is 6.42 Å². The van der Waals surface area contributed by atoms with Crippen molar-refractivity contribution in [3.05, 3.63) is 11.6 Å². The van der Waals surface area contributed by atoms with Crippen molar-refractivity contribution in [2.75, 3.05) is 11.5 Å². The molecule has 0 bridgehead atoms. The van der Waals surface area contributed by atoms with Gasteiger partial charge in [0.05, 0.1) is 0 Å². The monoisotopic (exact) mass is 165 g/mol. The lowest BCUT2D eigenvalue weighted by Gasteiger charge is -2.17. The van der Waals surface area contributed by atoms with E-state index < -0.39 is 6.05 Å². The van der Waals surface area contributed by atoms with E-state index in [1.807, 2.05) is 0 Å². The Hall–Kier alpha value is -0.0900. The van der Waals surface area contributed by atoms with Gasteiger partial charge in [-0.15, -0.1) is 0 Å². The first-order valence-electron chi connectivity index (χ1n) is 3.04. The van der Waals surface area contributed by atoms with Gasteiger partial charge in [0.2, 0.25) is 0 Å². The van der Waals surface area contributed by atoms with E-state index in [1.54, 1.807) is 11.8 Å². The largest absolute Gasteiger partial charge is 0.323 e. The maximum Gasteiger partial charge on any atom is 0.323 e. The third-order valence-corrected chi connectivity index (χ3v) is 2.29. The van der Waals surface area contributed by atoms with Crippen LogP contribution >= 0.6 is 11.8 Å². The van der Waals surface area contributed by atoms with Gasteiger partial charge >= 0.3 is 6.05 Å². The van der Waals surface area contributed by atoms with E-state index in [0.29, 0.717) is 12.2 Å². The molecule has 0 unspecified atom stereocenters. The van der Waals surface area contributed by atoms with Crippen LogP contribution in [0.15, 0.2) is 11.6 Å². The van der Waals surface area contributed by atoms with E-state index in [9.17, 15) is 8.78 Å². The molecule has 58 valence electrons. The molecule has 1 nitrogen and oxygen atoms in total. The Morgan fingerprint density at radius 1 is 1.60 bits per heavy atom. The summed E-state index contributed by atoms with van der Waals surface area (Å²) in [6.07, 6.45) is 1.95. The number of halogens is 2. The summed E-state index contributed by atoms with van der Waals surface area (Å²) in [6.45, 7) is 0. The molecule has 0 fully saturated rings. The van der Waals surface area contributed by atoms with Crippen molar-refractivity contribution in [1.82, 2.24) is 0 Å². The Kier molecular flexibility index (Phi) is 2.31. The van der Waals surface area contributed by atoms with Gasteiger partial charge in [0, 0.05) is 11.3 Å². The topological polar surface area (TPSA) is 26.0 Å². The number of hydrogen-bond donors (Lipinski definition) is 1. The predicted molar refractivity (Wildman–Crippen MR) is 39.2 cm³/mol. The fourth-order valence-corrected chi connectivity index (χ4v) is 1.68. The van der Waals surface area contributed by atoms with E-state index in [-0.39, 0.29) is 5.57 Å². The normalized spacial score (nSPS) is 20.5. The molecule has 0 atom stereocenters. The van der Waals surface area contributed by atoms with Crippen molar-refractivity contribution < 1.29 is 8.78 Å². The third kappa shape index (κ3) is 1.95. The second-order valence-corrected chi connectivity index (χ2v) is 3.33. The minimum absolute atomic E-state index is 0.0891. The lowest BCUT2D eigenvalue weighted by molar-refractivity contribution is 0.0461. The molecule has 0 aromatic rings. The van der Waals surface area contributed by atoms with Gasteiger partial charge in [-0.25, -0.2) is 0 Å². The fraction of sp³-hybridized carbons (Fsp3) is 0.667. The molecule has 0 radical (unpaired) electrons. The molecular weight excluding hydrogens is 156 g/mol. The van der Waals surface area contributed by atoms with Gasteiger partial charge < -0.3 is 0 Å². The molecule has 1 heterocycles. The molecule has 2 N–H and O–H groups in total. The number of thioether (sulfide) groups is 1. The van der Waals surface area contributed by atoms with Gasteiger partial charge in [0.1, 0.15) is 0 Å². The van der Waals surface area contributed by atoms with E-state index in [4.69, 9.17) is 0 Å². The third-order valence-electron chi connectivity index (χ3n) is 1.39. The highest BCUT2D eigenvalue weighted by Crippen LogP contribution is 2.26. The first-order valence-corrected chi connectivity index (χ1v) is 4.20. The zero-order valence-corrected chi connectivity index (χ0v) is 6.26. The summed E-state index contributed by atoms with van der Waals surface area (Å²) in [4.78, 5) is 0. The molecule has 0 spiro atoms. The molecule has 0 saturated carbocycles. The van der Waals surface area contributed by atoms with E-state index >= 15 is 0 Å². The standard InChI is InChI=1S/C6H9F2NS/c7-6(8,9)5-1-3-10-4-2-5/h1H,2-4,9H2. The molecule has 0 amide bonds. The maximum absolute atomic E-state index is 12.3. The average molecular weight is 165 g/mol. The van der Waals surface area contributed by atoms with Crippen LogP contribution in [0.4, 0.5) is 8.78 Å². The van der Waals surface area contributed by atoms with Crippen LogP contribution in [0.25, 0.3) is 0 Å². The lowest BCUT2D eigenvalue weighted by atomic mass is 10.1. The van der Waals surface area contributed by atoms with Crippen LogP contribution in [0, 0.1) is 0 Å². The van der Waals surface area contributed by atoms with Crippen LogP contribution in [0.2, 0.25) is 0 Å². The molecule has 0 aromatic heterocycles. The van der Waals surface area contributed by atoms with E-state index in [2.05, 4.69) is 5.73 Å². The molecular formula is C6H9F2NS. The Bertz CT molecular complexity index is 150. The fourth-order valence-electron chi connectivity index (χ4n) is 0.830. The maximum atomic E-state index is 12.3. The number of hydrogen-bond acceptors (Lipinski definition) is 2. The molecule has 0 aliphatic carbocycles. The van der Waals surface area contributed by atoms with Gasteiger partial charge in [0.25, 0.3) is 0 Å². The van der Waals surface area contributed by atoms with Gasteiger partial charge in [-0.1, -0.05) is 6.08 Å². The quantitative estimate of drug-likeness (QED) is 0.472. The molecule has 1 aliphatic rings. The number of rotatable bonds is 1. The highest BCUT2D eigenvalue weighted by atomic mass is 32.2. The first kappa shape index (κ1) is 8.01. The predicted octanol–water partition coefficient (Wildman–Crippen LogP) is 1.60. The summed E-state index contributed by atoms with van der Waals surface area (Å²) in [5, 5.41) is 0. The van der Waals surface area contributed by atoms with Crippen molar-refractivity contribution >= 4 is 11.8 Å². The van der Waals surface area contributed by atoms with Gasteiger partial charge in [-0.05, 0) is 12.2 Å². The van der Waals surface area contributed by atoms with Crippen molar-refractivity contribution in [3.63, 3.8) is 0 Å². The minimum Gasteiger partial charge on any atom is -0.268 e. The van der Waals surface area contributed by atoms with Crippen LogP contribution in [0.5, 0.6) is 0 Å². The van der Waals surface area contributed by atoms with Crippen LogP contribution in [0.3, 0.4) is 0 Å². The smallest absolute Gasteiger partial charge is 0.268 e. The van der Waals surface area contributed by atoms with Crippen molar-refractivity contribution in [2.45, 2.75) is 12.5 Å².